The minimum Gasteiger partial charge on any atom is -0.445 e. The summed E-state index contributed by atoms with van der Waals surface area (Å²) >= 11 is 0. The van der Waals surface area contributed by atoms with Crippen LogP contribution in [0.5, 0.6) is 0 Å². The van der Waals surface area contributed by atoms with E-state index in [-0.39, 0.29) is 12.2 Å². The molecule has 0 aromatic heterocycles. The van der Waals surface area contributed by atoms with Gasteiger partial charge in [0.15, 0.2) is 0 Å². The maximum absolute atomic E-state index is 13.8. The van der Waals surface area contributed by atoms with Crippen molar-refractivity contribution >= 4 is 22.6 Å². The number of nitrogens with two attached hydrogens (primary N) is 1. The van der Waals surface area contributed by atoms with Crippen LogP contribution in [0.25, 0.3) is 10.8 Å². The molecule has 1 fully saturated rings. The third-order valence-electron chi connectivity index (χ3n) is 3.73. The second-order valence-electron chi connectivity index (χ2n) is 5.43. The van der Waals surface area contributed by atoms with Gasteiger partial charge in [0, 0.05) is 5.39 Å². The highest BCUT2D eigenvalue weighted by molar-refractivity contribution is 6.05. The second-order valence-corrected chi connectivity index (χ2v) is 5.43. The molecule has 1 aliphatic rings. The highest BCUT2D eigenvalue weighted by atomic mass is 19.1. The van der Waals surface area contributed by atoms with Crippen molar-refractivity contribution < 1.29 is 23.5 Å². The van der Waals surface area contributed by atoms with Crippen molar-refractivity contribution in [1.82, 2.24) is 0 Å². The van der Waals surface area contributed by atoms with Gasteiger partial charge in [0.1, 0.15) is 11.4 Å². The Labute approximate surface area is 125 Å². The Morgan fingerprint density at radius 3 is 2.50 bits per heavy atom. The SMILES string of the molecule is CC1([C@H](OC(=O)c2ccc(F)c3ccccc23)C(N)=O)CO1. The zero-order valence-electron chi connectivity index (χ0n) is 11.8. The Bertz CT molecular complexity index is 770. The molecule has 1 amide bonds. The standard InChI is InChI=1S/C16H14FNO4/c1-16(8-21-16)13(14(18)19)22-15(20)11-6-7-12(17)10-5-3-2-4-9(10)11/h2-7,13H,8H2,1H3,(H2,18,19)/t13-,16?/m1/s1. The first-order valence-electron chi connectivity index (χ1n) is 6.74. The van der Waals surface area contributed by atoms with Crippen LogP contribution in [-0.4, -0.2) is 30.2 Å². The van der Waals surface area contributed by atoms with Gasteiger partial charge in [-0.15, -0.1) is 0 Å². The van der Waals surface area contributed by atoms with E-state index in [4.69, 9.17) is 15.2 Å². The molecule has 1 unspecified atom stereocenters. The number of rotatable bonds is 4. The van der Waals surface area contributed by atoms with Gasteiger partial charge in [0.2, 0.25) is 6.10 Å². The summed E-state index contributed by atoms with van der Waals surface area (Å²) in [6.45, 7) is 1.93. The summed E-state index contributed by atoms with van der Waals surface area (Å²) in [6, 6.07) is 9.06. The molecule has 1 heterocycles. The summed E-state index contributed by atoms with van der Waals surface area (Å²) in [5.74, 6) is -1.95. The number of amides is 1. The van der Waals surface area contributed by atoms with Gasteiger partial charge in [0.05, 0.1) is 12.2 Å². The molecule has 0 bridgehead atoms. The van der Waals surface area contributed by atoms with Gasteiger partial charge in [0.25, 0.3) is 5.91 Å². The molecule has 3 rings (SSSR count). The molecule has 0 radical (unpaired) electrons. The van der Waals surface area contributed by atoms with Crippen LogP contribution in [0.3, 0.4) is 0 Å². The molecular weight excluding hydrogens is 289 g/mol. The molecule has 2 N–H and O–H groups in total. The number of ether oxygens (including phenoxy) is 2. The lowest BCUT2D eigenvalue weighted by atomic mass is 10.0. The lowest BCUT2D eigenvalue weighted by Crippen LogP contribution is -2.43. The smallest absolute Gasteiger partial charge is 0.339 e. The summed E-state index contributed by atoms with van der Waals surface area (Å²) < 4.78 is 24.1. The molecule has 114 valence electrons. The van der Waals surface area contributed by atoms with Gasteiger partial charge < -0.3 is 15.2 Å². The van der Waals surface area contributed by atoms with Crippen LogP contribution >= 0.6 is 0 Å². The molecule has 2 aromatic rings. The molecule has 2 aromatic carbocycles. The van der Waals surface area contributed by atoms with Crippen molar-refractivity contribution in [1.29, 1.82) is 0 Å². The zero-order chi connectivity index (χ0) is 15.9. The number of carbonyl (C=O) groups is 2. The van der Waals surface area contributed by atoms with Crippen molar-refractivity contribution in [3.05, 3.63) is 47.8 Å². The molecule has 5 nitrogen and oxygen atoms in total. The number of halogens is 1. The number of epoxide rings is 1. The van der Waals surface area contributed by atoms with E-state index in [1.807, 2.05) is 0 Å². The summed E-state index contributed by atoms with van der Waals surface area (Å²) in [5.41, 5.74) is 4.57. The minimum absolute atomic E-state index is 0.174. The van der Waals surface area contributed by atoms with Crippen LogP contribution in [0, 0.1) is 5.82 Å². The van der Waals surface area contributed by atoms with Crippen molar-refractivity contribution in [2.75, 3.05) is 6.61 Å². The number of hydrogen-bond donors (Lipinski definition) is 1. The predicted octanol–water partition coefficient (Wildman–Crippen LogP) is 1.78. The fraction of sp³-hybridized carbons (Fsp3) is 0.250. The van der Waals surface area contributed by atoms with Gasteiger partial charge in [-0.3, -0.25) is 4.79 Å². The van der Waals surface area contributed by atoms with Crippen molar-refractivity contribution in [3.63, 3.8) is 0 Å². The van der Waals surface area contributed by atoms with E-state index in [1.165, 1.54) is 12.1 Å². The first-order chi connectivity index (χ1) is 10.4. The average Bonchev–Trinajstić information content (AvgIpc) is 3.23. The van der Waals surface area contributed by atoms with E-state index in [9.17, 15) is 14.0 Å². The van der Waals surface area contributed by atoms with Gasteiger partial charge in [-0.25, -0.2) is 9.18 Å². The maximum Gasteiger partial charge on any atom is 0.339 e. The van der Waals surface area contributed by atoms with Gasteiger partial charge in [-0.2, -0.15) is 0 Å². The van der Waals surface area contributed by atoms with Crippen LogP contribution < -0.4 is 5.73 Å². The molecule has 22 heavy (non-hydrogen) atoms. The molecular formula is C16H14FNO4. The van der Waals surface area contributed by atoms with Gasteiger partial charge in [-0.05, 0) is 24.4 Å². The zero-order valence-corrected chi connectivity index (χ0v) is 11.8. The summed E-state index contributed by atoms with van der Waals surface area (Å²) in [7, 11) is 0. The van der Waals surface area contributed by atoms with Crippen LogP contribution in [0.2, 0.25) is 0 Å². The van der Waals surface area contributed by atoms with Crippen LogP contribution in [-0.2, 0) is 14.3 Å². The monoisotopic (exact) mass is 303 g/mol. The van der Waals surface area contributed by atoms with Crippen molar-refractivity contribution in [3.8, 4) is 0 Å². The third-order valence-corrected chi connectivity index (χ3v) is 3.73. The van der Waals surface area contributed by atoms with Crippen LogP contribution in [0.15, 0.2) is 36.4 Å². The second kappa shape index (κ2) is 5.06. The Morgan fingerprint density at radius 1 is 1.27 bits per heavy atom. The van der Waals surface area contributed by atoms with Crippen LogP contribution in [0.1, 0.15) is 17.3 Å². The lowest BCUT2D eigenvalue weighted by molar-refractivity contribution is -0.129. The molecule has 0 saturated carbocycles. The normalized spacial score (nSPS) is 21.4. The number of fused-ring (bicyclic) bond motifs is 1. The van der Waals surface area contributed by atoms with E-state index in [0.29, 0.717) is 10.8 Å². The topological polar surface area (TPSA) is 81.9 Å². The van der Waals surface area contributed by atoms with E-state index in [1.54, 1.807) is 31.2 Å². The van der Waals surface area contributed by atoms with Gasteiger partial charge in [-0.1, -0.05) is 24.3 Å². The van der Waals surface area contributed by atoms with E-state index < -0.39 is 29.4 Å². The summed E-state index contributed by atoms with van der Waals surface area (Å²) in [4.78, 5) is 23.8. The van der Waals surface area contributed by atoms with Crippen LogP contribution in [0.4, 0.5) is 4.39 Å². The molecule has 6 heteroatoms. The molecule has 0 aliphatic carbocycles. The molecule has 1 aliphatic heterocycles. The van der Waals surface area contributed by atoms with Gasteiger partial charge >= 0.3 is 5.97 Å². The minimum atomic E-state index is -1.18. The van der Waals surface area contributed by atoms with Crippen molar-refractivity contribution in [2.45, 2.75) is 18.6 Å². The summed E-state index contributed by atoms with van der Waals surface area (Å²) in [6.07, 6.45) is -1.18. The molecule has 2 atom stereocenters. The van der Waals surface area contributed by atoms with E-state index >= 15 is 0 Å². The number of primary amides is 1. The third kappa shape index (κ3) is 2.42. The Kier molecular flexibility index (Phi) is 3.33. The number of benzene rings is 2. The Morgan fingerprint density at radius 2 is 1.91 bits per heavy atom. The summed E-state index contributed by atoms with van der Waals surface area (Å²) in [5, 5.41) is 0.721. The Balaban J connectivity index is 1.96. The fourth-order valence-corrected chi connectivity index (χ4v) is 2.36. The number of esters is 1. The quantitative estimate of drug-likeness (QED) is 0.689. The molecule has 1 saturated heterocycles. The predicted molar refractivity (Wildman–Crippen MR) is 76.7 cm³/mol. The average molecular weight is 303 g/mol. The lowest BCUT2D eigenvalue weighted by Gasteiger charge is -2.18. The van der Waals surface area contributed by atoms with E-state index in [2.05, 4.69) is 0 Å². The Hall–Kier alpha value is -2.47. The largest absolute Gasteiger partial charge is 0.445 e. The van der Waals surface area contributed by atoms with E-state index in [0.717, 1.165) is 0 Å². The first-order valence-corrected chi connectivity index (χ1v) is 6.74. The highest BCUT2D eigenvalue weighted by Gasteiger charge is 2.52. The number of hydrogen-bond acceptors (Lipinski definition) is 4. The fourth-order valence-electron chi connectivity index (χ4n) is 2.36. The molecule has 0 spiro atoms. The van der Waals surface area contributed by atoms with Crippen molar-refractivity contribution in [2.24, 2.45) is 5.73 Å². The highest BCUT2D eigenvalue weighted by Crippen LogP contribution is 2.33. The first kappa shape index (κ1) is 14.5. The number of carbonyl (C=O) groups excluding carboxylic acids is 2. The maximum atomic E-state index is 13.8.